The van der Waals surface area contributed by atoms with Crippen LogP contribution in [-0.2, 0) is 0 Å². The van der Waals surface area contributed by atoms with Crippen LogP contribution in [0.25, 0.3) is 16.3 Å². The first-order valence-corrected chi connectivity index (χ1v) is 11.1. The molecule has 2 aromatic carbocycles. The first-order chi connectivity index (χ1) is 15.5. The van der Waals surface area contributed by atoms with Gasteiger partial charge in [0.15, 0.2) is 5.82 Å². The van der Waals surface area contributed by atoms with Gasteiger partial charge in [0.25, 0.3) is 11.8 Å². The van der Waals surface area contributed by atoms with Crippen molar-refractivity contribution < 1.29 is 14.3 Å². The second kappa shape index (κ2) is 7.83. The SMILES string of the molecule is COc1ccc(-c2nnc3sc(C(CC(C)C)N4C(=O)c5ccccc5C4=O)nn23)cc1. The summed E-state index contributed by atoms with van der Waals surface area (Å²) >= 11 is 1.35. The lowest BCUT2D eigenvalue weighted by atomic mass is 10.0. The minimum Gasteiger partial charge on any atom is -0.497 e. The van der Waals surface area contributed by atoms with Crippen molar-refractivity contribution >= 4 is 28.1 Å². The predicted octanol–water partition coefficient (Wildman–Crippen LogP) is 4.24. The quantitative estimate of drug-likeness (QED) is 0.411. The molecule has 0 aliphatic carbocycles. The molecule has 1 unspecified atom stereocenters. The molecule has 1 aliphatic rings. The standard InChI is InChI=1S/C23H21N5O3S/c1-13(2)12-18(27-21(29)16-6-4-5-7-17(16)22(27)30)20-26-28-19(24-25-23(28)32-20)14-8-10-15(31-3)11-9-14/h4-11,13,18H,12H2,1-3H3. The van der Waals surface area contributed by atoms with Crippen molar-refractivity contribution in [2.24, 2.45) is 5.92 Å². The average molecular weight is 448 g/mol. The first kappa shape index (κ1) is 20.3. The number of imide groups is 1. The Labute approximate surface area is 188 Å². The number of rotatable bonds is 6. The predicted molar refractivity (Wildman–Crippen MR) is 120 cm³/mol. The second-order valence-electron chi connectivity index (χ2n) is 8.06. The third-order valence-electron chi connectivity index (χ3n) is 5.47. The molecule has 2 aromatic heterocycles. The summed E-state index contributed by atoms with van der Waals surface area (Å²) in [6, 6.07) is 14.0. The molecular weight excluding hydrogens is 426 g/mol. The number of nitrogens with zero attached hydrogens (tertiary/aromatic N) is 5. The van der Waals surface area contributed by atoms with Gasteiger partial charge in [0.1, 0.15) is 10.8 Å². The van der Waals surface area contributed by atoms with Crippen LogP contribution in [0.3, 0.4) is 0 Å². The number of benzene rings is 2. The first-order valence-electron chi connectivity index (χ1n) is 10.3. The van der Waals surface area contributed by atoms with E-state index in [1.165, 1.54) is 16.2 Å². The van der Waals surface area contributed by atoms with E-state index in [1.807, 2.05) is 24.3 Å². The lowest BCUT2D eigenvalue weighted by molar-refractivity contribution is 0.0562. The van der Waals surface area contributed by atoms with Gasteiger partial charge in [0.05, 0.1) is 24.3 Å². The molecule has 8 nitrogen and oxygen atoms in total. The van der Waals surface area contributed by atoms with Gasteiger partial charge in [-0.3, -0.25) is 14.5 Å². The highest BCUT2D eigenvalue weighted by Gasteiger charge is 2.42. The Morgan fingerprint density at radius 2 is 1.62 bits per heavy atom. The highest BCUT2D eigenvalue weighted by atomic mass is 32.1. The Bertz CT molecular complexity index is 1290. The molecule has 162 valence electrons. The fourth-order valence-electron chi connectivity index (χ4n) is 3.94. The van der Waals surface area contributed by atoms with Gasteiger partial charge in [-0.2, -0.15) is 9.61 Å². The van der Waals surface area contributed by atoms with Gasteiger partial charge in [-0.25, -0.2) is 0 Å². The Balaban J connectivity index is 1.56. The number of methoxy groups -OCH3 is 1. The summed E-state index contributed by atoms with van der Waals surface area (Å²) in [4.78, 5) is 28.2. The molecule has 0 bridgehead atoms. The van der Waals surface area contributed by atoms with Crippen LogP contribution >= 0.6 is 11.3 Å². The smallest absolute Gasteiger partial charge is 0.262 e. The summed E-state index contributed by atoms with van der Waals surface area (Å²) < 4.78 is 6.90. The summed E-state index contributed by atoms with van der Waals surface area (Å²) in [5, 5.41) is 14.0. The van der Waals surface area contributed by atoms with Gasteiger partial charge in [-0.1, -0.05) is 37.3 Å². The van der Waals surface area contributed by atoms with Crippen molar-refractivity contribution in [3.8, 4) is 17.1 Å². The molecule has 0 saturated heterocycles. The number of carbonyl (C=O) groups is 2. The van der Waals surface area contributed by atoms with E-state index in [0.717, 1.165) is 11.3 Å². The van der Waals surface area contributed by atoms with Gasteiger partial charge in [0.2, 0.25) is 4.96 Å². The van der Waals surface area contributed by atoms with Crippen molar-refractivity contribution in [2.45, 2.75) is 26.3 Å². The molecule has 5 rings (SSSR count). The van der Waals surface area contributed by atoms with Gasteiger partial charge in [-0.15, -0.1) is 10.2 Å². The molecule has 4 aromatic rings. The van der Waals surface area contributed by atoms with E-state index in [9.17, 15) is 9.59 Å². The Kier molecular flexibility index (Phi) is 4.97. The van der Waals surface area contributed by atoms with Crippen molar-refractivity contribution in [1.29, 1.82) is 0 Å². The normalized spacial score (nSPS) is 14.4. The molecule has 32 heavy (non-hydrogen) atoms. The maximum Gasteiger partial charge on any atom is 0.262 e. The third-order valence-corrected chi connectivity index (χ3v) is 6.47. The van der Waals surface area contributed by atoms with E-state index in [4.69, 9.17) is 9.84 Å². The summed E-state index contributed by atoms with van der Waals surface area (Å²) in [6.07, 6.45) is 0.605. The minimum absolute atomic E-state index is 0.250. The zero-order valence-electron chi connectivity index (χ0n) is 17.8. The van der Waals surface area contributed by atoms with E-state index < -0.39 is 6.04 Å². The van der Waals surface area contributed by atoms with E-state index in [0.29, 0.717) is 33.3 Å². The number of hydrogen-bond acceptors (Lipinski definition) is 7. The van der Waals surface area contributed by atoms with Crippen LogP contribution in [0, 0.1) is 5.92 Å². The molecule has 2 amide bonds. The number of hydrogen-bond donors (Lipinski definition) is 0. The highest BCUT2D eigenvalue weighted by Crippen LogP contribution is 2.37. The highest BCUT2D eigenvalue weighted by molar-refractivity contribution is 7.16. The van der Waals surface area contributed by atoms with Crippen molar-refractivity contribution in [3.05, 3.63) is 64.7 Å². The molecular formula is C23H21N5O3S. The van der Waals surface area contributed by atoms with Crippen LogP contribution in [0.4, 0.5) is 0 Å². The monoisotopic (exact) mass is 447 g/mol. The van der Waals surface area contributed by atoms with E-state index in [1.54, 1.807) is 35.9 Å². The van der Waals surface area contributed by atoms with Crippen LogP contribution < -0.4 is 4.74 Å². The fraction of sp³-hybridized carbons (Fsp3) is 0.261. The van der Waals surface area contributed by atoms with Crippen molar-refractivity contribution in [3.63, 3.8) is 0 Å². The van der Waals surface area contributed by atoms with Crippen molar-refractivity contribution in [1.82, 2.24) is 24.7 Å². The average Bonchev–Trinajstić information content (AvgIpc) is 3.45. The molecule has 9 heteroatoms. The largest absolute Gasteiger partial charge is 0.497 e. The zero-order chi connectivity index (χ0) is 22.4. The number of fused-ring (bicyclic) bond motifs is 2. The van der Waals surface area contributed by atoms with E-state index in [2.05, 4.69) is 24.0 Å². The molecule has 1 aliphatic heterocycles. The molecule has 0 N–H and O–H groups in total. The molecule has 0 radical (unpaired) electrons. The fourth-order valence-corrected chi connectivity index (χ4v) is 4.88. The molecule has 0 saturated carbocycles. The Hall–Kier alpha value is -3.59. The number of carbonyl (C=O) groups excluding carboxylic acids is 2. The Morgan fingerprint density at radius 1 is 0.969 bits per heavy atom. The third kappa shape index (κ3) is 3.25. The zero-order valence-corrected chi connectivity index (χ0v) is 18.7. The van der Waals surface area contributed by atoms with E-state index in [-0.39, 0.29) is 17.7 Å². The molecule has 0 spiro atoms. The van der Waals surface area contributed by atoms with Crippen LogP contribution in [0.15, 0.2) is 48.5 Å². The van der Waals surface area contributed by atoms with Crippen LogP contribution in [0.1, 0.15) is 52.0 Å². The van der Waals surface area contributed by atoms with Crippen molar-refractivity contribution in [2.75, 3.05) is 7.11 Å². The lowest BCUT2D eigenvalue weighted by Crippen LogP contribution is -2.35. The van der Waals surface area contributed by atoms with Gasteiger partial charge < -0.3 is 4.74 Å². The number of aromatic nitrogens is 4. The summed E-state index contributed by atoms with van der Waals surface area (Å²) in [7, 11) is 1.62. The molecule has 1 atom stereocenters. The van der Waals surface area contributed by atoms with E-state index >= 15 is 0 Å². The van der Waals surface area contributed by atoms with Gasteiger partial charge in [0, 0.05) is 5.56 Å². The van der Waals surface area contributed by atoms with Crippen LogP contribution in [0.5, 0.6) is 5.75 Å². The maximum absolute atomic E-state index is 13.1. The summed E-state index contributed by atoms with van der Waals surface area (Å²) in [6.45, 7) is 4.13. The maximum atomic E-state index is 13.1. The number of ether oxygens (including phenoxy) is 1. The Morgan fingerprint density at radius 3 is 2.22 bits per heavy atom. The number of amides is 2. The second-order valence-corrected chi connectivity index (χ2v) is 9.05. The van der Waals surface area contributed by atoms with Gasteiger partial charge >= 0.3 is 0 Å². The van der Waals surface area contributed by atoms with Crippen LogP contribution in [0.2, 0.25) is 0 Å². The summed E-state index contributed by atoms with van der Waals surface area (Å²) in [5.74, 6) is 1.03. The minimum atomic E-state index is -0.474. The summed E-state index contributed by atoms with van der Waals surface area (Å²) in [5.41, 5.74) is 1.72. The van der Waals surface area contributed by atoms with Gasteiger partial charge in [-0.05, 0) is 48.7 Å². The lowest BCUT2D eigenvalue weighted by Gasteiger charge is -2.25. The molecule has 0 fully saturated rings. The molecule has 3 heterocycles. The van der Waals surface area contributed by atoms with Crippen LogP contribution in [-0.4, -0.2) is 43.6 Å². The topological polar surface area (TPSA) is 89.7 Å².